The van der Waals surface area contributed by atoms with Crippen molar-refractivity contribution in [3.8, 4) is 33.5 Å². The van der Waals surface area contributed by atoms with Crippen LogP contribution in [-0.2, 0) is 0 Å². The number of benzene rings is 3. The minimum atomic E-state index is -0.473. The van der Waals surface area contributed by atoms with Gasteiger partial charge in [0.1, 0.15) is 0 Å². The first-order valence-corrected chi connectivity index (χ1v) is 7.25. The molecule has 1 nitrogen and oxygen atoms in total. The van der Waals surface area contributed by atoms with E-state index in [4.69, 9.17) is 13.7 Å². The van der Waals surface area contributed by atoms with Crippen LogP contribution >= 0.6 is 0 Å². The van der Waals surface area contributed by atoms with Crippen LogP contribution in [0.4, 0.5) is 0 Å². The summed E-state index contributed by atoms with van der Waals surface area (Å²) in [5.41, 5.74) is 1.91. The molecule has 0 N–H and O–H groups in total. The summed E-state index contributed by atoms with van der Waals surface area (Å²) in [6.07, 6.45) is 1.46. The van der Waals surface area contributed by atoms with Crippen molar-refractivity contribution in [1.82, 2.24) is 4.98 Å². The Morgan fingerprint density at radius 1 is 0.583 bits per heavy atom. The van der Waals surface area contributed by atoms with Crippen molar-refractivity contribution in [2.24, 2.45) is 0 Å². The fourth-order valence-corrected chi connectivity index (χ4v) is 2.37. The van der Waals surface area contributed by atoms with Crippen molar-refractivity contribution in [1.29, 1.82) is 0 Å². The van der Waals surface area contributed by atoms with Gasteiger partial charge in [-0.25, -0.2) is 0 Å². The molecule has 0 radical (unpaired) electrons. The van der Waals surface area contributed by atoms with Crippen LogP contribution in [0.5, 0.6) is 0 Å². The molecule has 0 atom stereocenters. The highest BCUT2D eigenvalue weighted by Gasteiger charge is 2.04. The Morgan fingerprint density at radius 3 is 1.83 bits per heavy atom. The molecule has 3 aromatic carbocycles. The summed E-state index contributed by atoms with van der Waals surface area (Å²) >= 11 is 0. The summed E-state index contributed by atoms with van der Waals surface area (Å²) in [6, 6.07) is 5.88. The molecule has 0 spiro atoms. The molecule has 0 aliphatic rings. The molecule has 0 aliphatic heterocycles. The van der Waals surface area contributed by atoms with Crippen molar-refractivity contribution >= 4 is 0 Å². The Labute approximate surface area is 156 Å². The quantitative estimate of drug-likeness (QED) is 0.446. The van der Waals surface area contributed by atoms with E-state index in [1.54, 1.807) is 36.4 Å². The molecule has 0 unspecified atom stereocenters. The average Bonchev–Trinajstić information content (AvgIpc) is 2.84. The van der Waals surface area contributed by atoms with Crippen molar-refractivity contribution in [3.05, 3.63) is 103 Å². The summed E-state index contributed by atoms with van der Waals surface area (Å²) in [4.78, 5) is 4.33. The highest BCUT2D eigenvalue weighted by molar-refractivity contribution is 5.74. The zero-order valence-corrected chi connectivity index (χ0v) is 12.5. The molecule has 0 bridgehead atoms. The number of hydrogen-bond donors (Lipinski definition) is 0. The van der Waals surface area contributed by atoms with E-state index >= 15 is 0 Å². The summed E-state index contributed by atoms with van der Waals surface area (Å²) in [7, 11) is 0. The Balaban J connectivity index is 1.87. The van der Waals surface area contributed by atoms with E-state index < -0.39 is 36.3 Å². The predicted octanol–water partition coefficient (Wildman–Crippen LogP) is 6.08. The summed E-state index contributed by atoms with van der Waals surface area (Å²) in [5.74, 6) is 0. The SMILES string of the molecule is [2H]c1c([2H])c([2H])c(-c2cccc(-c3cc(-c4c([2H])c([2H])c([2H])c([2H])c4[2H])ccn3)c2)c([2H])c1[2H]. The zero-order chi connectivity index (χ0) is 24.9. The number of pyridine rings is 1. The molecule has 1 heteroatoms. The van der Waals surface area contributed by atoms with Gasteiger partial charge in [-0.2, -0.15) is 0 Å². The Morgan fingerprint density at radius 2 is 1.17 bits per heavy atom. The van der Waals surface area contributed by atoms with Gasteiger partial charge in [0.05, 0.1) is 19.4 Å². The van der Waals surface area contributed by atoms with Crippen molar-refractivity contribution in [3.63, 3.8) is 0 Å². The lowest BCUT2D eigenvalue weighted by Gasteiger charge is -2.07. The second kappa shape index (κ2) is 6.51. The third kappa shape index (κ3) is 2.97. The summed E-state index contributed by atoms with van der Waals surface area (Å²) < 4.78 is 80.1. The lowest BCUT2D eigenvalue weighted by Crippen LogP contribution is -1.86. The van der Waals surface area contributed by atoms with Crippen LogP contribution in [0.1, 0.15) is 13.7 Å². The van der Waals surface area contributed by atoms with Gasteiger partial charge < -0.3 is 0 Å². The summed E-state index contributed by atoms with van der Waals surface area (Å²) in [5, 5.41) is 0. The van der Waals surface area contributed by atoms with Crippen molar-refractivity contribution < 1.29 is 13.7 Å². The van der Waals surface area contributed by atoms with Crippen LogP contribution in [0.3, 0.4) is 0 Å². The third-order valence-electron chi connectivity index (χ3n) is 3.50. The van der Waals surface area contributed by atoms with Gasteiger partial charge in [0.15, 0.2) is 0 Å². The first-order valence-electron chi connectivity index (χ1n) is 12.3. The van der Waals surface area contributed by atoms with Gasteiger partial charge in [-0.1, -0.05) is 78.6 Å². The van der Waals surface area contributed by atoms with E-state index in [0.29, 0.717) is 22.4 Å². The van der Waals surface area contributed by atoms with Gasteiger partial charge in [-0.05, 0) is 40.5 Å². The van der Waals surface area contributed by atoms with Crippen LogP contribution in [-0.4, -0.2) is 4.98 Å². The van der Waals surface area contributed by atoms with E-state index in [0.717, 1.165) is 0 Å². The molecule has 114 valence electrons. The third-order valence-corrected chi connectivity index (χ3v) is 3.50. The standard InChI is InChI=1S/C23H17N/c1-3-8-18(9-4-1)20-12-7-13-22(16-20)23-17-21(14-15-24-23)19-10-5-2-6-11-19/h1-17H/i1D,2D,3D,4D,5D,6D,8D,9D,10D,11D. The maximum absolute atomic E-state index is 8.22. The number of nitrogens with zero attached hydrogens (tertiary/aromatic N) is 1. The molecule has 0 amide bonds. The van der Waals surface area contributed by atoms with Crippen LogP contribution in [0.15, 0.2) is 103 Å². The lowest BCUT2D eigenvalue weighted by molar-refractivity contribution is 1.33. The van der Waals surface area contributed by atoms with Crippen LogP contribution in [0, 0.1) is 0 Å². The molecule has 0 aliphatic carbocycles. The highest BCUT2D eigenvalue weighted by atomic mass is 14.7. The molecular formula is C23H17N. The molecule has 0 fully saturated rings. The lowest BCUT2D eigenvalue weighted by atomic mass is 10.00. The van der Waals surface area contributed by atoms with E-state index in [1.807, 2.05) is 0 Å². The van der Waals surface area contributed by atoms with E-state index in [9.17, 15) is 0 Å². The molecule has 0 saturated carbocycles. The second-order valence-corrected chi connectivity index (χ2v) is 5.01. The fraction of sp³-hybridized carbons (Fsp3) is 0. The first-order chi connectivity index (χ1) is 16.0. The topological polar surface area (TPSA) is 12.9 Å². The average molecular weight is 317 g/mol. The van der Waals surface area contributed by atoms with Gasteiger partial charge in [-0.3, -0.25) is 4.98 Å². The fourth-order valence-electron chi connectivity index (χ4n) is 2.37. The van der Waals surface area contributed by atoms with Gasteiger partial charge in [0.25, 0.3) is 0 Å². The highest BCUT2D eigenvalue weighted by Crippen LogP contribution is 2.28. The number of hydrogen-bond acceptors (Lipinski definition) is 1. The number of aromatic nitrogens is 1. The second-order valence-electron chi connectivity index (χ2n) is 5.01. The molecule has 24 heavy (non-hydrogen) atoms. The van der Waals surface area contributed by atoms with Gasteiger partial charge in [0, 0.05) is 11.8 Å². The number of rotatable bonds is 3. The zero-order valence-electron chi connectivity index (χ0n) is 22.5. The van der Waals surface area contributed by atoms with Gasteiger partial charge in [0.2, 0.25) is 0 Å². The van der Waals surface area contributed by atoms with Crippen LogP contribution in [0.2, 0.25) is 0 Å². The largest absolute Gasteiger partial charge is 0.256 e. The molecule has 1 aromatic heterocycles. The first kappa shape index (κ1) is 7.14. The smallest absolute Gasteiger partial charge is 0.0708 e. The maximum atomic E-state index is 8.22. The van der Waals surface area contributed by atoms with Crippen LogP contribution < -0.4 is 0 Å². The molecule has 0 saturated heterocycles. The normalized spacial score (nSPS) is 16.3. The minimum absolute atomic E-state index is 0.0522. The maximum Gasteiger partial charge on any atom is 0.0708 e. The monoisotopic (exact) mass is 317 g/mol. The van der Waals surface area contributed by atoms with E-state index in [-0.39, 0.29) is 35.3 Å². The predicted molar refractivity (Wildman–Crippen MR) is 101 cm³/mol. The molecule has 1 heterocycles. The molecule has 4 rings (SSSR count). The van der Waals surface area contributed by atoms with Crippen molar-refractivity contribution in [2.75, 3.05) is 0 Å². The Hall–Kier alpha value is -3.19. The molecule has 4 aromatic rings. The van der Waals surface area contributed by atoms with E-state index in [1.165, 1.54) is 6.20 Å². The van der Waals surface area contributed by atoms with Crippen molar-refractivity contribution in [2.45, 2.75) is 0 Å². The van der Waals surface area contributed by atoms with E-state index in [2.05, 4.69) is 4.98 Å². The summed E-state index contributed by atoms with van der Waals surface area (Å²) in [6.45, 7) is 0. The van der Waals surface area contributed by atoms with Gasteiger partial charge in [-0.15, -0.1) is 0 Å². The Bertz CT molecular complexity index is 1300. The minimum Gasteiger partial charge on any atom is -0.256 e. The van der Waals surface area contributed by atoms with Gasteiger partial charge >= 0.3 is 0 Å². The Kier molecular flexibility index (Phi) is 1.94. The molecular weight excluding hydrogens is 290 g/mol. The van der Waals surface area contributed by atoms with Crippen LogP contribution in [0.25, 0.3) is 33.5 Å².